The lowest BCUT2D eigenvalue weighted by Gasteiger charge is -2.06. The molecule has 20 heavy (non-hydrogen) atoms. The quantitative estimate of drug-likeness (QED) is 0.529. The molecule has 3 aromatic carbocycles. The van der Waals surface area contributed by atoms with E-state index < -0.39 is 5.91 Å². The van der Waals surface area contributed by atoms with E-state index in [1.165, 1.54) is 0 Å². The Bertz CT molecular complexity index is 815. The summed E-state index contributed by atoms with van der Waals surface area (Å²) in [6.07, 6.45) is 0.0809. The number of rotatable bonds is 1. The number of amides is 1. The Hall–Kier alpha value is -2.79. The second kappa shape index (κ2) is 5.07. The van der Waals surface area contributed by atoms with Crippen LogP contribution in [0, 0.1) is 11.8 Å². The molecule has 2 nitrogen and oxygen atoms in total. The number of primary amides is 1. The van der Waals surface area contributed by atoms with Crippen LogP contribution in [-0.4, -0.2) is 5.91 Å². The monoisotopic (exact) mass is 259 g/mol. The Morgan fingerprint density at radius 2 is 1.50 bits per heavy atom. The van der Waals surface area contributed by atoms with E-state index in [9.17, 15) is 4.79 Å². The van der Waals surface area contributed by atoms with Crippen molar-refractivity contribution in [2.45, 2.75) is 6.42 Å². The van der Waals surface area contributed by atoms with Crippen molar-refractivity contribution in [2.24, 2.45) is 5.73 Å². The van der Waals surface area contributed by atoms with Crippen molar-refractivity contribution in [3.63, 3.8) is 0 Å². The van der Waals surface area contributed by atoms with Crippen LogP contribution in [0.5, 0.6) is 0 Å². The number of fused-ring (bicyclic) bond motifs is 2. The first-order valence-electron chi connectivity index (χ1n) is 6.43. The first kappa shape index (κ1) is 12.3. The van der Waals surface area contributed by atoms with Gasteiger partial charge in [-0.2, -0.15) is 0 Å². The Labute approximate surface area is 117 Å². The molecule has 2 heteroatoms. The van der Waals surface area contributed by atoms with E-state index >= 15 is 0 Å². The maximum Gasteiger partial charge on any atom is 0.229 e. The summed E-state index contributed by atoms with van der Waals surface area (Å²) in [6, 6.07) is 18.4. The van der Waals surface area contributed by atoms with Gasteiger partial charge in [0.2, 0.25) is 5.91 Å². The molecular weight excluding hydrogens is 246 g/mol. The number of hydrogen-bond donors (Lipinski definition) is 1. The van der Waals surface area contributed by atoms with Crippen molar-refractivity contribution in [3.8, 4) is 11.8 Å². The molecule has 0 aliphatic rings. The van der Waals surface area contributed by atoms with Crippen LogP contribution in [0.4, 0.5) is 0 Å². The second-order valence-corrected chi connectivity index (χ2v) is 4.64. The zero-order valence-electron chi connectivity index (χ0n) is 10.9. The van der Waals surface area contributed by atoms with Crippen molar-refractivity contribution < 1.29 is 4.79 Å². The molecule has 0 saturated heterocycles. The van der Waals surface area contributed by atoms with Gasteiger partial charge in [0.15, 0.2) is 0 Å². The molecule has 0 fully saturated rings. The third-order valence-corrected chi connectivity index (χ3v) is 3.25. The van der Waals surface area contributed by atoms with Crippen LogP contribution in [0.3, 0.4) is 0 Å². The van der Waals surface area contributed by atoms with Gasteiger partial charge in [-0.25, -0.2) is 0 Å². The molecule has 0 radical (unpaired) electrons. The molecule has 0 atom stereocenters. The molecule has 0 aliphatic carbocycles. The summed E-state index contributed by atoms with van der Waals surface area (Å²) in [5.74, 6) is 5.57. The highest BCUT2D eigenvalue weighted by molar-refractivity contribution is 6.04. The van der Waals surface area contributed by atoms with Gasteiger partial charge in [0, 0.05) is 5.56 Å². The van der Waals surface area contributed by atoms with Crippen molar-refractivity contribution in [1.29, 1.82) is 0 Å². The average molecular weight is 259 g/mol. The molecule has 0 unspecified atom stereocenters. The fraction of sp³-hybridized carbons (Fsp3) is 0.0556. The zero-order valence-corrected chi connectivity index (χ0v) is 10.9. The van der Waals surface area contributed by atoms with Crippen molar-refractivity contribution in [1.82, 2.24) is 0 Å². The molecule has 0 spiro atoms. The van der Waals surface area contributed by atoms with Crippen molar-refractivity contribution >= 4 is 27.5 Å². The number of carbonyl (C=O) groups excluding carboxylic acids is 1. The molecule has 3 aromatic rings. The van der Waals surface area contributed by atoms with Gasteiger partial charge in [0.05, 0.1) is 6.42 Å². The molecule has 3 rings (SSSR count). The molecule has 0 aliphatic heterocycles. The van der Waals surface area contributed by atoms with Gasteiger partial charge in [-0.15, -0.1) is 0 Å². The number of nitrogens with two attached hydrogens (primary N) is 1. The number of benzene rings is 3. The molecule has 0 heterocycles. The third-order valence-electron chi connectivity index (χ3n) is 3.25. The summed E-state index contributed by atoms with van der Waals surface area (Å²) >= 11 is 0. The molecular formula is C18H13NO. The molecule has 0 aromatic heterocycles. The maximum absolute atomic E-state index is 10.8. The first-order valence-corrected chi connectivity index (χ1v) is 6.43. The zero-order chi connectivity index (χ0) is 13.9. The summed E-state index contributed by atoms with van der Waals surface area (Å²) in [5.41, 5.74) is 6.10. The maximum atomic E-state index is 10.8. The van der Waals surface area contributed by atoms with E-state index in [4.69, 9.17) is 5.73 Å². The van der Waals surface area contributed by atoms with Crippen LogP contribution in [0.1, 0.15) is 12.0 Å². The lowest BCUT2D eigenvalue weighted by atomic mass is 9.97. The van der Waals surface area contributed by atoms with Crippen LogP contribution in [0.2, 0.25) is 0 Å². The molecule has 1 amide bonds. The molecule has 0 bridgehead atoms. The molecule has 96 valence electrons. The molecule has 0 saturated carbocycles. The van der Waals surface area contributed by atoms with Crippen LogP contribution in [-0.2, 0) is 4.79 Å². The highest BCUT2D eigenvalue weighted by atomic mass is 16.1. The van der Waals surface area contributed by atoms with Gasteiger partial charge in [-0.1, -0.05) is 60.4 Å². The average Bonchev–Trinajstić information content (AvgIpc) is 2.46. The van der Waals surface area contributed by atoms with Gasteiger partial charge in [0.25, 0.3) is 0 Å². The summed E-state index contributed by atoms with van der Waals surface area (Å²) in [6.45, 7) is 0. The fourth-order valence-electron chi connectivity index (χ4n) is 2.37. The van der Waals surface area contributed by atoms with Gasteiger partial charge in [-0.3, -0.25) is 4.79 Å². The molecule has 2 N–H and O–H groups in total. The lowest BCUT2D eigenvalue weighted by molar-refractivity contribution is -0.117. The predicted molar refractivity (Wildman–Crippen MR) is 82.1 cm³/mol. The second-order valence-electron chi connectivity index (χ2n) is 4.64. The third kappa shape index (κ3) is 2.22. The SMILES string of the molecule is NC(=O)CC#Cc1c2ccccc2cc2ccccc12. The Morgan fingerprint density at radius 3 is 2.05 bits per heavy atom. The van der Waals surface area contributed by atoms with Gasteiger partial charge in [-0.05, 0) is 27.6 Å². The van der Waals surface area contributed by atoms with Gasteiger partial charge >= 0.3 is 0 Å². The minimum atomic E-state index is -0.401. The number of hydrogen-bond acceptors (Lipinski definition) is 1. The fourth-order valence-corrected chi connectivity index (χ4v) is 2.37. The van der Waals surface area contributed by atoms with E-state index in [-0.39, 0.29) is 6.42 Å². The Balaban J connectivity index is 2.32. The highest BCUT2D eigenvalue weighted by Crippen LogP contribution is 2.27. The standard InChI is InChI=1S/C18H13NO/c19-18(20)11-5-10-17-15-8-3-1-6-13(15)12-14-7-2-4-9-16(14)17/h1-4,6-9,12H,11H2,(H2,19,20). The Morgan fingerprint density at radius 1 is 0.950 bits per heavy atom. The van der Waals surface area contributed by atoms with Crippen LogP contribution in [0.15, 0.2) is 54.6 Å². The summed E-state index contributed by atoms with van der Waals surface area (Å²) < 4.78 is 0. The lowest BCUT2D eigenvalue weighted by Crippen LogP contribution is -2.08. The first-order chi connectivity index (χ1) is 9.75. The van der Waals surface area contributed by atoms with E-state index in [0.29, 0.717) is 0 Å². The van der Waals surface area contributed by atoms with Crippen LogP contribution in [0.25, 0.3) is 21.5 Å². The Kier molecular flexibility index (Phi) is 3.10. The van der Waals surface area contributed by atoms with Gasteiger partial charge in [0.1, 0.15) is 0 Å². The predicted octanol–water partition coefficient (Wildman–Crippen LogP) is 3.22. The van der Waals surface area contributed by atoms with E-state index in [0.717, 1.165) is 27.1 Å². The summed E-state index contributed by atoms with van der Waals surface area (Å²) in [5, 5.41) is 4.50. The summed E-state index contributed by atoms with van der Waals surface area (Å²) in [4.78, 5) is 10.8. The smallest absolute Gasteiger partial charge is 0.229 e. The van der Waals surface area contributed by atoms with E-state index in [1.54, 1.807) is 0 Å². The largest absolute Gasteiger partial charge is 0.369 e. The highest BCUT2D eigenvalue weighted by Gasteiger charge is 2.04. The van der Waals surface area contributed by atoms with Crippen molar-refractivity contribution in [3.05, 3.63) is 60.2 Å². The minimum Gasteiger partial charge on any atom is -0.369 e. The van der Waals surface area contributed by atoms with E-state index in [2.05, 4.69) is 42.2 Å². The van der Waals surface area contributed by atoms with Crippen LogP contribution < -0.4 is 5.73 Å². The normalized spacial score (nSPS) is 10.2. The van der Waals surface area contributed by atoms with Crippen molar-refractivity contribution in [2.75, 3.05) is 0 Å². The minimum absolute atomic E-state index is 0.0809. The van der Waals surface area contributed by atoms with E-state index in [1.807, 2.05) is 24.3 Å². The number of carbonyl (C=O) groups is 1. The summed E-state index contributed by atoms with van der Waals surface area (Å²) in [7, 11) is 0. The van der Waals surface area contributed by atoms with Crippen LogP contribution >= 0.6 is 0 Å². The topological polar surface area (TPSA) is 43.1 Å². The van der Waals surface area contributed by atoms with Gasteiger partial charge < -0.3 is 5.73 Å².